The molecular formula is C13H16N2O3. The van der Waals surface area contributed by atoms with E-state index in [0.29, 0.717) is 19.7 Å². The highest BCUT2D eigenvalue weighted by Crippen LogP contribution is 2.15. The molecule has 1 aromatic rings. The maximum absolute atomic E-state index is 11.6. The lowest BCUT2D eigenvalue weighted by Crippen LogP contribution is -2.41. The van der Waals surface area contributed by atoms with Crippen LogP contribution in [0.3, 0.4) is 0 Å². The van der Waals surface area contributed by atoms with Gasteiger partial charge in [-0.3, -0.25) is 9.69 Å². The van der Waals surface area contributed by atoms with Crippen LogP contribution in [0.2, 0.25) is 0 Å². The van der Waals surface area contributed by atoms with Crippen LogP contribution in [0.1, 0.15) is 12.5 Å². The lowest BCUT2D eigenvalue weighted by molar-refractivity contribution is -0.119. The first kappa shape index (κ1) is 12.4. The fourth-order valence-corrected chi connectivity index (χ4v) is 1.89. The molecule has 1 heterocycles. The number of carbonyl (C=O) groups excluding carboxylic acids is 2. The molecule has 1 aromatic carbocycles. The Morgan fingerprint density at radius 3 is 2.83 bits per heavy atom. The largest absolute Gasteiger partial charge is 0.447 e. The number of amides is 2. The number of rotatable bonds is 4. The predicted octanol–water partition coefficient (Wildman–Crippen LogP) is 1.14. The van der Waals surface area contributed by atoms with E-state index >= 15 is 0 Å². The van der Waals surface area contributed by atoms with E-state index in [1.54, 1.807) is 4.90 Å². The molecule has 2 rings (SSSR count). The van der Waals surface area contributed by atoms with Crippen molar-refractivity contribution in [2.75, 3.05) is 13.2 Å². The molecule has 1 aliphatic heterocycles. The summed E-state index contributed by atoms with van der Waals surface area (Å²) in [4.78, 5) is 24.2. The first-order valence-corrected chi connectivity index (χ1v) is 5.88. The summed E-state index contributed by atoms with van der Waals surface area (Å²) in [5.41, 5.74) is 1.05. The Morgan fingerprint density at radius 1 is 1.44 bits per heavy atom. The molecule has 2 amide bonds. The molecule has 0 aromatic heterocycles. The molecule has 0 radical (unpaired) electrons. The minimum atomic E-state index is -0.325. The molecule has 18 heavy (non-hydrogen) atoms. The standard InChI is InChI=1S/C13H16N2O3/c1-10(16)14-7-12-9-18-13(17)15(12)8-11-5-3-2-4-6-11/h2-6,12H,7-9H2,1H3,(H,14,16). The van der Waals surface area contributed by atoms with E-state index in [-0.39, 0.29) is 18.0 Å². The molecule has 1 atom stereocenters. The Balaban J connectivity index is 1.99. The number of nitrogens with one attached hydrogen (secondary N) is 1. The van der Waals surface area contributed by atoms with Gasteiger partial charge >= 0.3 is 6.09 Å². The number of benzene rings is 1. The van der Waals surface area contributed by atoms with Crippen molar-refractivity contribution in [3.05, 3.63) is 35.9 Å². The summed E-state index contributed by atoms with van der Waals surface area (Å²) in [5.74, 6) is -0.103. The van der Waals surface area contributed by atoms with Gasteiger partial charge in [-0.1, -0.05) is 30.3 Å². The Bertz CT molecular complexity index is 433. The Morgan fingerprint density at radius 2 is 2.17 bits per heavy atom. The van der Waals surface area contributed by atoms with Gasteiger partial charge in [0.25, 0.3) is 0 Å². The first-order valence-electron chi connectivity index (χ1n) is 5.88. The van der Waals surface area contributed by atoms with Gasteiger partial charge in [0.15, 0.2) is 0 Å². The van der Waals surface area contributed by atoms with E-state index in [1.165, 1.54) is 6.92 Å². The summed E-state index contributed by atoms with van der Waals surface area (Å²) >= 11 is 0. The summed E-state index contributed by atoms with van der Waals surface area (Å²) in [7, 11) is 0. The van der Waals surface area contributed by atoms with Crippen molar-refractivity contribution in [2.24, 2.45) is 0 Å². The molecule has 0 aliphatic carbocycles. The average Bonchev–Trinajstić information content (AvgIpc) is 2.70. The molecule has 96 valence electrons. The van der Waals surface area contributed by atoms with E-state index in [9.17, 15) is 9.59 Å². The fourth-order valence-electron chi connectivity index (χ4n) is 1.89. The van der Waals surface area contributed by atoms with Crippen LogP contribution in [-0.2, 0) is 16.1 Å². The van der Waals surface area contributed by atoms with E-state index in [0.717, 1.165) is 5.56 Å². The van der Waals surface area contributed by atoms with Crippen LogP contribution in [0.4, 0.5) is 4.79 Å². The van der Waals surface area contributed by atoms with Crippen LogP contribution in [-0.4, -0.2) is 36.1 Å². The SMILES string of the molecule is CC(=O)NCC1COC(=O)N1Cc1ccccc1. The summed E-state index contributed by atoms with van der Waals surface area (Å²) in [6.45, 7) is 2.71. The Hall–Kier alpha value is -2.04. The minimum Gasteiger partial charge on any atom is -0.447 e. The number of hydrogen-bond acceptors (Lipinski definition) is 3. The van der Waals surface area contributed by atoms with Gasteiger partial charge in [-0.25, -0.2) is 4.79 Å². The first-order chi connectivity index (χ1) is 8.66. The van der Waals surface area contributed by atoms with Crippen molar-refractivity contribution in [1.29, 1.82) is 0 Å². The summed E-state index contributed by atoms with van der Waals surface area (Å²) in [6.07, 6.45) is -0.325. The summed E-state index contributed by atoms with van der Waals surface area (Å²) in [6, 6.07) is 9.61. The minimum absolute atomic E-state index is 0.0957. The van der Waals surface area contributed by atoms with Gasteiger partial charge in [0, 0.05) is 20.0 Å². The van der Waals surface area contributed by atoms with Crippen LogP contribution < -0.4 is 5.32 Å². The maximum Gasteiger partial charge on any atom is 0.410 e. The Kier molecular flexibility index (Phi) is 3.82. The molecular weight excluding hydrogens is 232 g/mol. The second kappa shape index (κ2) is 5.53. The van der Waals surface area contributed by atoms with Gasteiger partial charge in [-0.05, 0) is 5.56 Å². The summed E-state index contributed by atoms with van der Waals surface area (Å²) in [5, 5.41) is 2.71. The average molecular weight is 248 g/mol. The number of ether oxygens (including phenoxy) is 1. The van der Waals surface area contributed by atoms with E-state index in [1.807, 2.05) is 30.3 Å². The normalized spacial score (nSPS) is 18.6. The number of carbonyl (C=O) groups is 2. The van der Waals surface area contributed by atoms with Gasteiger partial charge < -0.3 is 10.1 Å². The Labute approximate surface area is 106 Å². The zero-order chi connectivity index (χ0) is 13.0. The molecule has 1 aliphatic rings. The quantitative estimate of drug-likeness (QED) is 0.869. The third-order valence-corrected chi connectivity index (χ3v) is 2.86. The van der Waals surface area contributed by atoms with Crippen molar-refractivity contribution >= 4 is 12.0 Å². The van der Waals surface area contributed by atoms with Crippen molar-refractivity contribution in [3.63, 3.8) is 0 Å². The van der Waals surface area contributed by atoms with Crippen LogP contribution in [0.15, 0.2) is 30.3 Å². The lowest BCUT2D eigenvalue weighted by Gasteiger charge is -2.21. The zero-order valence-corrected chi connectivity index (χ0v) is 10.3. The van der Waals surface area contributed by atoms with Gasteiger partial charge in [-0.2, -0.15) is 0 Å². The monoisotopic (exact) mass is 248 g/mol. The molecule has 0 spiro atoms. The number of hydrogen-bond donors (Lipinski definition) is 1. The van der Waals surface area contributed by atoms with E-state index in [4.69, 9.17) is 4.74 Å². The molecule has 0 bridgehead atoms. The predicted molar refractivity (Wildman–Crippen MR) is 65.8 cm³/mol. The molecule has 5 nitrogen and oxygen atoms in total. The molecule has 1 N–H and O–H groups in total. The smallest absolute Gasteiger partial charge is 0.410 e. The molecule has 5 heteroatoms. The van der Waals surface area contributed by atoms with Gasteiger partial charge in [0.2, 0.25) is 5.91 Å². The number of cyclic esters (lactones) is 1. The lowest BCUT2D eigenvalue weighted by atomic mass is 10.2. The van der Waals surface area contributed by atoms with Gasteiger partial charge in [0.05, 0.1) is 6.04 Å². The van der Waals surface area contributed by atoms with Crippen molar-refractivity contribution in [2.45, 2.75) is 19.5 Å². The highest BCUT2D eigenvalue weighted by Gasteiger charge is 2.32. The van der Waals surface area contributed by atoms with Gasteiger partial charge in [0.1, 0.15) is 6.61 Å². The van der Waals surface area contributed by atoms with E-state index < -0.39 is 0 Å². The molecule has 1 unspecified atom stereocenters. The number of nitrogens with zero attached hydrogens (tertiary/aromatic N) is 1. The fraction of sp³-hybridized carbons (Fsp3) is 0.385. The maximum atomic E-state index is 11.6. The third-order valence-electron chi connectivity index (χ3n) is 2.86. The highest BCUT2D eigenvalue weighted by atomic mass is 16.6. The third kappa shape index (κ3) is 3.00. The second-order valence-corrected chi connectivity index (χ2v) is 4.28. The van der Waals surface area contributed by atoms with Crippen LogP contribution in [0.5, 0.6) is 0 Å². The molecule has 1 fully saturated rings. The van der Waals surface area contributed by atoms with Crippen molar-refractivity contribution in [1.82, 2.24) is 10.2 Å². The van der Waals surface area contributed by atoms with Crippen molar-refractivity contribution < 1.29 is 14.3 Å². The second-order valence-electron chi connectivity index (χ2n) is 4.28. The van der Waals surface area contributed by atoms with E-state index in [2.05, 4.69) is 5.32 Å². The summed E-state index contributed by atoms with van der Waals surface area (Å²) < 4.78 is 5.02. The van der Waals surface area contributed by atoms with Crippen molar-refractivity contribution in [3.8, 4) is 0 Å². The molecule has 0 saturated carbocycles. The van der Waals surface area contributed by atoms with Crippen LogP contribution in [0.25, 0.3) is 0 Å². The van der Waals surface area contributed by atoms with Gasteiger partial charge in [-0.15, -0.1) is 0 Å². The molecule has 1 saturated heterocycles. The highest BCUT2D eigenvalue weighted by molar-refractivity contribution is 5.73. The van der Waals surface area contributed by atoms with Crippen LogP contribution >= 0.6 is 0 Å². The topological polar surface area (TPSA) is 58.6 Å². The van der Waals surface area contributed by atoms with Crippen LogP contribution in [0, 0.1) is 0 Å². The zero-order valence-electron chi connectivity index (χ0n) is 10.3.